The van der Waals surface area contributed by atoms with E-state index in [4.69, 9.17) is 4.74 Å². The molecule has 0 aliphatic rings. The van der Waals surface area contributed by atoms with E-state index in [0.29, 0.717) is 12.1 Å². The van der Waals surface area contributed by atoms with Crippen molar-refractivity contribution in [2.45, 2.75) is 17.9 Å². The Morgan fingerprint density at radius 1 is 1.15 bits per heavy atom. The van der Waals surface area contributed by atoms with Crippen LogP contribution in [-0.4, -0.2) is 32.5 Å². The van der Waals surface area contributed by atoms with Crippen molar-refractivity contribution in [3.8, 4) is 17.0 Å². The van der Waals surface area contributed by atoms with Crippen molar-refractivity contribution < 1.29 is 22.5 Å². The van der Waals surface area contributed by atoms with Crippen LogP contribution in [-0.2, 0) is 23.9 Å². The van der Waals surface area contributed by atoms with E-state index < -0.39 is 23.0 Å². The Labute approximate surface area is 157 Å². The third-order valence-corrected chi connectivity index (χ3v) is 4.52. The van der Waals surface area contributed by atoms with Crippen LogP contribution in [0, 0.1) is 0 Å². The van der Waals surface area contributed by atoms with Crippen molar-refractivity contribution in [1.29, 1.82) is 0 Å². The number of methoxy groups -OCH3 is 1. The number of halogens is 3. The molecule has 2 aromatic heterocycles. The maximum Gasteiger partial charge on any atom is 0.433 e. The summed E-state index contributed by atoms with van der Waals surface area (Å²) in [6.45, 7) is 0.535. The highest BCUT2D eigenvalue weighted by Crippen LogP contribution is 2.31. The van der Waals surface area contributed by atoms with Crippen molar-refractivity contribution in [2.75, 3.05) is 13.4 Å². The zero-order valence-corrected chi connectivity index (χ0v) is 15.3. The van der Waals surface area contributed by atoms with Gasteiger partial charge in [-0.1, -0.05) is 12.1 Å². The minimum absolute atomic E-state index is 0.0796. The molecule has 142 valence electrons. The molecule has 0 spiro atoms. The van der Waals surface area contributed by atoms with Crippen LogP contribution in [0.3, 0.4) is 0 Å². The smallest absolute Gasteiger partial charge is 0.433 e. The second kappa shape index (κ2) is 7.61. The predicted molar refractivity (Wildman–Crippen MR) is 94.9 cm³/mol. The summed E-state index contributed by atoms with van der Waals surface area (Å²) in [5.41, 5.74) is 0.465. The van der Waals surface area contributed by atoms with Crippen LogP contribution < -0.4 is 4.74 Å². The van der Waals surface area contributed by atoms with Crippen LogP contribution >= 0.6 is 0 Å². The van der Waals surface area contributed by atoms with E-state index in [1.54, 1.807) is 25.6 Å². The lowest BCUT2D eigenvalue weighted by molar-refractivity contribution is -0.141. The van der Waals surface area contributed by atoms with E-state index in [2.05, 4.69) is 9.97 Å². The lowest BCUT2D eigenvalue weighted by Gasteiger charge is -2.10. The maximum atomic E-state index is 13.1. The summed E-state index contributed by atoms with van der Waals surface area (Å²) in [6.07, 6.45) is 0.0399. The molecule has 9 heteroatoms. The predicted octanol–water partition coefficient (Wildman–Crippen LogP) is 3.76. The average molecular weight is 395 g/mol. The van der Waals surface area contributed by atoms with Crippen molar-refractivity contribution >= 4 is 11.2 Å². The van der Waals surface area contributed by atoms with Gasteiger partial charge in [-0.2, -0.15) is 23.1 Å². The second-order valence-electron chi connectivity index (χ2n) is 5.79. The fraction of sp³-hybridized carbons (Fsp3) is 0.222. The van der Waals surface area contributed by atoms with Gasteiger partial charge in [-0.05, 0) is 29.8 Å². The van der Waals surface area contributed by atoms with E-state index in [9.17, 15) is 17.7 Å². The van der Waals surface area contributed by atoms with Crippen LogP contribution in [0.4, 0.5) is 13.2 Å². The molecule has 1 atom stereocenters. The van der Waals surface area contributed by atoms with Gasteiger partial charge in [0, 0.05) is 35.7 Å². The minimum Gasteiger partial charge on any atom is -0.609 e. The van der Waals surface area contributed by atoms with Crippen molar-refractivity contribution in [3.05, 3.63) is 60.0 Å². The molecule has 3 aromatic rings. The summed E-state index contributed by atoms with van der Waals surface area (Å²) >= 11 is -1.73. The third kappa shape index (κ3) is 4.61. The zero-order chi connectivity index (χ0) is 19.6. The SMILES string of the molecule is COc1ccc(Cn2ccc(-c3cc(C(F)(F)F)nc([S+](C)[O-])n3)c2)cc1. The molecule has 1 aromatic carbocycles. The van der Waals surface area contributed by atoms with Gasteiger partial charge in [-0.3, -0.25) is 0 Å². The van der Waals surface area contributed by atoms with Gasteiger partial charge in [0.25, 0.3) is 0 Å². The largest absolute Gasteiger partial charge is 0.609 e. The maximum absolute atomic E-state index is 13.1. The molecule has 1 unspecified atom stereocenters. The fourth-order valence-electron chi connectivity index (χ4n) is 2.48. The molecular weight excluding hydrogens is 379 g/mol. The first-order valence-corrected chi connectivity index (χ1v) is 9.41. The van der Waals surface area contributed by atoms with Gasteiger partial charge in [-0.25, -0.2) is 0 Å². The van der Waals surface area contributed by atoms with Gasteiger partial charge in [0.2, 0.25) is 0 Å². The Morgan fingerprint density at radius 3 is 2.44 bits per heavy atom. The number of alkyl halides is 3. The second-order valence-corrected chi connectivity index (χ2v) is 7.07. The standard InChI is InChI=1S/C18H16F3N3O2S/c1-26-14-5-3-12(4-6-14)10-24-8-7-13(11-24)15-9-16(18(19,20)21)23-17(22-15)27(2)25/h3-9,11H,10H2,1-2H3. The topological polar surface area (TPSA) is 63.0 Å². The Balaban J connectivity index is 1.89. The molecule has 0 bridgehead atoms. The quantitative estimate of drug-likeness (QED) is 0.488. The molecule has 0 N–H and O–H groups in total. The van der Waals surface area contributed by atoms with E-state index in [0.717, 1.165) is 17.4 Å². The summed E-state index contributed by atoms with van der Waals surface area (Å²) < 4.78 is 57.8. The number of hydrogen-bond donors (Lipinski definition) is 0. The van der Waals surface area contributed by atoms with Gasteiger partial charge in [0.15, 0.2) is 5.69 Å². The van der Waals surface area contributed by atoms with Gasteiger partial charge in [-0.15, -0.1) is 0 Å². The Bertz CT molecular complexity index is 924. The first kappa shape index (κ1) is 19.2. The van der Waals surface area contributed by atoms with Crippen molar-refractivity contribution in [1.82, 2.24) is 14.5 Å². The number of aromatic nitrogens is 3. The van der Waals surface area contributed by atoms with Crippen LogP contribution in [0.15, 0.2) is 53.9 Å². The van der Waals surface area contributed by atoms with Gasteiger partial charge < -0.3 is 13.9 Å². The van der Waals surface area contributed by atoms with Gasteiger partial charge in [0.1, 0.15) is 12.0 Å². The summed E-state index contributed by atoms with van der Waals surface area (Å²) in [5.74, 6) is 0.743. The minimum atomic E-state index is -4.64. The lowest BCUT2D eigenvalue weighted by atomic mass is 10.2. The molecule has 0 fully saturated rings. The third-order valence-electron chi connectivity index (χ3n) is 3.82. The molecule has 0 amide bonds. The monoisotopic (exact) mass is 395 g/mol. The Kier molecular flexibility index (Phi) is 5.43. The van der Waals surface area contributed by atoms with E-state index >= 15 is 0 Å². The molecule has 5 nitrogen and oxygen atoms in total. The van der Waals surface area contributed by atoms with E-state index in [1.165, 1.54) is 6.26 Å². The summed E-state index contributed by atoms with van der Waals surface area (Å²) in [5, 5.41) is -0.345. The zero-order valence-electron chi connectivity index (χ0n) is 14.5. The summed E-state index contributed by atoms with van der Waals surface area (Å²) in [4.78, 5) is 7.38. The number of hydrogen-bond acceptors (Lipinski definition) is 4. The van der Waals surface area contributed by atoms with Gasteiger partial charge >= 0.3 is 11.3 Å². The molecule has 0 saturated carbocycles. The number of ether oxygens (including phenoxy) is 1. The van der Waals surface area contributed by atoms with Gasteiger partial charge in [0.05, 0.1) is 12.8 Å². The first-order chi connectivity index (χ1) is 12.8. The number of benzene rings is 1. The van der Waals surface area contributed by atoms with Crippen LogP contribution in [0.5, 0.6) is 5.75 Å². The molecule has 0 aliphatic heterocycles. The number of rotatable bonds is 5. The Hall–Kier alpha value is -2.52. The summed E-state index contributed by atoms with van der Waals surface area (Å²) in [6, 6.07) is 10.0. The average Bonchev–Trinajstić information content (AvgIpc) is 3.10. The highest BCUT2D eigenvalue weighted by atomic mass is 32.2. The molecule has 3 rings (SSSR count). The summed E-state index contributed by atoms with van der Waals surface area (Å²) in [7, 11) is 1.59. The highest BCUT2D eigenvalue weighted by Gasteiger charge is 2.35. The lowest BCUT2D eigenvalue weighted by Crippen LogP contribution is -2.14. The van der Waals surface area contributed by atoms with Crippen LogP contribution in [0.2, 0.25) is 0 Å². The fourth-order valence-corrected chi connectivity index (χ4v) is 2.93. The Morgan fingerprint density at radius 2 is 1.85 bits per heavy atom. The van der Waals surface area contributed by atoms with Crippen LogP contribution in [0.1, 0.15) is 11.3 Å². The first-order valence-electron chi connectivity index (χ1n) is 7.85. The van der Waals surface area contributed by atoms with Crippen LogP contribution in [0.25, 0.3) is 11.3 Å². The van der Waals surface area contributed by atoms with E-state index in [1.807, 2.05) is 28.8 Å². The van der Waals surface area contributed by atoms with Crippen molar-refractivity contribution in [3.63, 3.8) is 0 Å². The molecule has 0 radical (unpaired) electrons. The molecule has 0 saturated heterocycles. The molecule has 27 heavy (non-hydrogen) atoms. The highest BCUT2D eigenvalue weighted by molar-refractivity contribution is 7.90. The molecule has 0 aliphatic carbocycles. The van der Waals surface area contributed by atoms with E-state index in [-0.39, 0.29) is 10.9 Å². The molecular formula is C18H16F3N3O2S. The van der Waals surface area contributed by atoms with Crippen molar-refractivity contribution in [2.24, 2.45) is 0 Å². The normalized spacial score (nSPS) is 12.8. The molecule has 2 heterocycles. The number of nitrogens with zero attached hydrogens (tertiary/aromatic N) is 3.